The molecule has 1 amide bonds. The summed E-state index contributed by atoms with van der Waals surface area (Å²) in [7, 11) is 0. The first-order valence-electron chi connectivity index (χ1n) is 8.21. The van der Waals surface area contributed by atoms with Crippen LogP contribution in [0.3, 0.4) is 0 Å². The smallest absolute Gasteiger partial charge is 0.306 e. The molecule has 2 aliphatic carbocycles. The van der Waals surface area contributed by atoms with Crippen molar-refractivity contribution in [1.82, 2.24) is 4.90 Å². The molecule has 2 atom stereocenters. The molecule has 22 heavy (non-hydrogen) atoms. The maximum Gasteiger partial charge on any atom is 0.306 e. The Labute approximate surface area is 131 Å². The van der Waals surface area contributed by atoms with Crippen molar-refractivity contribution in [2.24, 2.45) is 22.2 Å². The van der Waals surface area contributed by atoms with Crippen LogP contribution in [0.15, 0.2) is 0 Å². The number of carbonyl (C=O) groups is 3. The van der Waals surface area contributed by atoms with Crippen molar-refractivity contribution < 1.29 is 19.5 Å². The average molecular weight is 307 g/mol. The quantitative estimate of drug-likeness (QED) is 0.847. The van der Waals surface area contributed by atoms with Gasteiger partial charge in [-0.2, -0.15) is 0 Å². The van der Waals surface area contributed by atoms with Gasteiger partial charge in [-0.05, 0) is 31.1 Å². The van der Waals surface area contributed by atoms with Gasteiger partial charge in [-0.3, -0.25) is 14.4 Å². The number of carbonyl (C=O) groups excluding carboxylic acids is 2. The van der Waals surface area contributed by atoms with Crippen molar-refractivity contribution in [2.75, 3.05) is 13.1 Å². The van der Waals surface area contributed by atoms with Crippen LogP contribution in [0, 0.1) is 22.2 Å². The maximum atomic E-state index is 13.2. The highest BCUT2D eigenvalue weighted by Gasteiger charge is 2.73. The fourth-order valence-corrected chi connectivity index (χ4v) is 4.97. The van der Waals surface area contributed by atoms with Gasteiger partial charge < -0.3 is 10.0 Å². The fourth-order valence-electron chi connectivity index (χ4n) is 4.97. The van der Waals surface area contributed by atoms with Crippen LogP contribution in [0.4, 0.5) is 0 Å². The van der Waals surface area contributed by atoms with Crippen molar-refractivity contribution in [3.05, 3.63) is 0 Å². The summed E-state index contributed by atoms with van der Waals surface area (Å²) in [6, 6.07) is 0. The van der Waals surface area contributed by atoms with Crippen LogP contribution in [-0.2, 0) is 14.4 Å². The van der Waals surface area contributed by atoms with E-state index in [1.54, 1.807) is 0 Å². The molecule has 1 N–H and O–H groups in total. The zero-order valence-electron chi connectivity index (χ0n) is 13.6. The first-order chi connectivity index (χ1) is 10.2. The lowest BCUT2D eigenvalue weighted by Gasteiger charge is -2.43. The van der Waals surface area contributed by atoms with Crippen LogP contribution >= 0.6 is 0 Å². The summed E-state index contributed by atoms with van der Waals surface area (Å²) in [5.41, 5.74) is -1.28. The Morgan fingerprint density at radius 1 is 1.14 bits per heavy atom. The molecule has 0 radical (unpaired) electrons. The number of rotatable bonds is 2. The number of likely N-dealkylation sites (tertiary alicyclic amines) is 1. The van der Waals surface area contributed by atoms with E-state index >= 15 is 0 Å². The predicted molar refractivity (Wildman–Crippen MR) is 80.1 cm³/mol. The third-order valence-corrected chi connectivity index (χ3v) is 7.25. The van der Waals surface area contributed by atoms with E-state index in [1.165, 1.54) is 0 Å². The van der Waals surface area contributed by atoms with Gasteiger partial charge in [0.1, 0.15) is 5.78 Å². The minimum Gasteiger partial charge on any atom is -0.481 e. The molecule has 5 heteroatoms. The van der Waals surface area contributed by atoms with E-state index < -0.39 is 11.4 Å². The third-order valence-electron chi connectivity index (χ3n) is 7.25. The van der Waals surface area contributed by atoms with Crippen LogP contribution in [0.5, 0.6) is 0 Å². The molecule has 0 aromatic carbocycles. The molecule has 1 aliphatic heterocycles. The van der Waals surface area contributed by atoms with Gasteiger partial charge in [0.15, 0.2) is 0 Å². The van der Waals surface area contributed by atoms with Crippen LogP contribution in [0.2, 0.25) is 0 Å². The maximum absolute atomic E-state index is 13.2. The second-order valence-electron chi connectivity index (χ2n) is 8.04. The molecule has 0 unspecified atom stereocenters. The zero-order valence-corrected chi connectivity index (χ0v) is 13.6. The summed E-state index contributed by atoms with van der Waals surface area (Å²) in [5.74, 6) is -0.808. The summed E-state index contributed by atoms with van der Waals surface area (Å²) in [6.07, 6.45) is 2.95. The molecule has 2 bridgehead atoms. The number of carboxylic acid groups (broad SMARTS) is 1. The molecule has 1 saturated heterocycles. The summed E-state index contributed by atoms with van der Waals surface area (Å²) in [4.78, 5) is 38.5. The van der Waals surface area contributed by atoms with Gasteiger partial charge in [-0.1, -0.05) is 20.8 Å². The van der Waals surface area contributed by atoms with E-state index in [1.807, 2.05) is 11.8 Å². The third kappa shape index (κ3) is 1.68. The average Bonchev–Trinajstić information content (AvgIpc) is 2.77. The monoisotopic (exact) mass is 307 g/mol. The number of Topliss-reactive ketones (excluding diaryl/α,β-unsaturated/α-hetero) is 1. The Bertz CT molecular complexity index is 547. The van der Waals surface area contributed by atoms with E-state index in [0.29, 0.717) is 32.4 Å². The Morgan fingerprint density at radius 3 is 2.14 bits per heavy atom. The summed E-state index contributed by atoms with van der Waals surface area (Å²) in [6.45, 7) is 7.13. The van der Waals surface area contributed by atoms with Gasteiger partial charge in [0.2, 0.25) is 5.91 Å². The van der Waals surface area contributed by atoms with Crippen LogP contribution in [0.25, 0.3) is 0 Å². The number of hydrogen-bond acceptors (Lipinski definition) is 3. The number of amides is 1. The SMILES string of the molecule is CC1(C)[C@@]2(C(=O)N3CCC(C(=O)O)CC3)CC[C@@]1(C)C(=O)C2. The lowest BCUT2D eigenvalue weighted by molar-refractivity contribution is -0.152. The molecular formula is C17H25NO4. The number of nitrogens with zero attached hydrogens (tertiary/aromatic N) is 1. The molecule has 0 aromatic rings. The van der Waals surface area contributed by atoms with Crippen molar-refractivity contribution in [3.8, 4) is 0 Å². The number of hydrogen-bond donors (Lipinski definition) is 1. The molecule has 3 rings (SSSR count). The number of aliphatic carboxylic acids is 1. The van der Waals surface area contributed by atoms with Crippen LogP contribution in [0.1, 0.15) is 52.9 Å². The summed E-state index contributed by atoms with van der Waals surface area (Å²) in [5, 5.41) is 9.08. The lowest BCUT2D eigenvalue weighted by atomic mass is 9.64. The highest BCUT2D eigenvalue weighted by Crippen LogP contribution is 2.71. The fraction of sp³-hybridized carbons (Fsp3) is 0.824. The van der Waals surface area contributed by atoms with E-state index in [0.717, 1.165) is 12.8 Å². The van der Waals surface area contributed by atoms with Gasteiger partial charge in [0, 0.05) is 24.9 Å². The van der Waals surface area contributed by atoms with Crippen molar-refractivity contribution in [3.63, 3.8) is 0 Å². The second-order valence-corrected chi connectivity index (χ2v) is 8.04. The van der Waals surface area contributed by atoms with Gasteiger partial charge in [-0.25, -0.2) is 0 Å². The van der Waals surface area contributed by atoms with E-state index in [-0.39, 0.29) is 28.4 Å². The van der Waals surface area contributed by atoms with Gasteiger partial charge in [-0.15, -0.1) is 0 Å². The Morgan fingerprint density at radius 2 is 1.73 bits per heavy atom. The van der Waals surface area contributed by atoms with Gasteiger partial charge in [0.25, 0.3) is 0 Å². The number of piperidine rings is 1. The highest BCUT2D eigenvalue weighted by molar-refractivity contribution is 5.99. The molecule has 1 heterocycles. The molecule has 5 nitrogen and oxygen atoms in total. The van der Waals surface area contributed by atoms with Crippen LogP contribution in [-0.4, -0.2) is 40.8 Å². The first kappa shape index (κ1) is 15.5. The van der Waals surface area contributed by atoms with Crippen molar-refractivity contribution >= 4 is 17.7 Å². The number of ketones is 1. The van der Waals surface area contributed by atoms with E-state index in [2.05, 4.69) is 13.8 Å². The lowest BCUT2D eigenvalue weighted by Crippen LogP contribution is -2.51. The molecule has 0 aromatic heterocycles. The van der Waals surface area contributed by atoms with Gasteiger partial charge >= 0.3 is 5.97 Å². The topological polar surface area (TPSA) is 74.7 Å². The van der Waals surface area contributed by atoms with Crippen LogP contribution < -0.4 is 0 Å². The standard InChI is InChI=1S/C17H25NO4/c1-15(2)16(3)6-7-17(15,10-12(16)19)14(22)18-8-4-11(5-9-18)13(20)21/h11H,4-10H2,1-3H3,(H,20,21)/t16-,17-/m0/s1. The first-order valence-corrected chi connectivity index (χ1v) is 8.21. The minimum atomic E-state index is -0.768. The Balaban J connectivity index is 1.82. The molecule has 3 fully saturated rings. The number of carboxylic acids is 1. The second kappa shape index (κ2) is 4.56. The normalized spacial score (nSPS) is 37.6. The molecule has 122 valence electrons. The van der Waals surface area contributed by atoms with E-state index in [9.17, 15) is 14.4 Å². The molecule has 2 saturated carbocycles. The van der Waals surface area contributed by atoms with Crippen molar-refractivity contribution in [1.29, 1.82) is 0 Å². The molecule has 3 aliphatic rings. The predicted octanol–water partition coefficient (Wildman–Crippen LogP) is 2.10. The Kier molecular flexibility index (Phi) is 3.21. The highest BCUT2D eigenvalue weighted by atomic mass is 16.4. The van der Waals surface area contributed by atoms with E-state index in [4.69, 9.17) is 5.11 Å². The molecular weight excluding hydrogens is 282 g/mol. The molecule has 0 spiro atoms. The summed E-state index contributed by atoms with van der Waals surface area (Å²) < 4.78 is 0. The largest absolute Gasteiger partial charge is 0.481 e. The zero-order chi connectivity index (χ0) is 16.3. The summed E-state index contributed by atoms with van der Waals surface area (Å²) >= 11 is 0. The minimum absolute atomic E-state index is 0.0795. The van der Waals surface area contributed by atoms with Gasteiger partial charge in [0.05, 0.1) is 11.3 Å². The number of fused-ring (bicyclic) bond motifs is 2. The van der Waals surface area contributed by atoms with Crippen molar-refractivity contribution in [2.45, 2.75) is 52.9 Å². The Hall–Kier alpha value is -1.39.